The molecule has 1 heterocycles. The highest BCUT2D eigenvalue weighted by molar-refractivity contribution is 5.77. The molecule has 0 spiro atoms. The Labute approximate surface area is 131 Å². The molecule has 7 heteroatoms. The molecule has 128 valence electrons. The van der Waals surface area contributed by atoms with E-state index in [0.717, 1.165) is 0 Å². The summed E-state index contributed by atoms with van der Waals surface area (Å²) in [6.45, 7) is 6.19. The first-order valence-electron chi connectivity index (χ1n) is 7.64. The first-order chi connectivity index (χ1) is 10.1. The number of carbonyl (C=O) groups is 2. The Kier molecular flexibility index (Phi) is 6.19. The minimum atomic E-state index is -1.12. The molecule has 0 aromatic carbocycles. The van der Waals surface area contributed by atoms with Gasteiger partial charge in [0.25, 0.3) is 0 Å². The van der Waals surface area contributed by atoms with Gasteiger partial charge >= 0.3 is 12.1 Å². The van der Waals surface area contributed by atoms with E-state index in [2.05, 4.69) is 5.32 Å². The molecule has 1 fully saturated rings. The van der Waals surface area contributed by atoms with Gasteiger partial charge in [-0.05, 0) is 47.1 Å². The van der Waals surface area contributed by atoms with E-state index < -0.39 is 29.2 Å². The number of likely N-dealkylation sites (tertiary alicyclic amines) is 1. The van der Waals surface area contributed by atoms with Gasteiger partial charge in [-0.25, -0.2) is 4.79 Å². The number of rotatable bonds is 5. The predicted octanol–water partition coefficient (Wildman–Crippen LogP) is 1.06. The minimum absolute atomic E-state index is 0.0675. The van der Waals surface area contributed by atoms with Crippen molar-refractivity contribution in [3.63, 3.8) is 0 Å². The minimum Gasteiger partial charge on any atom is -0.481 e. The number of nitrogens with zero attached hydrogens (tertiary/aromatic N) is 1. The van der Waals surface area contributed by atoms with Gasteiger partial charge < -0.3 is 25.2 Å². The van der Waals surface area contributed by atoms with E-state index in [1.165, 1.54) is 4.90 Å². The SMILES string of the molecule is CNC[C@@H](O)C[C@@]1(C(=O)O)CCCN(C(=O)OC(C)(C)C)C1. The second-order valence-corrected chi connectivity index (χ2v) is 7.01. The summed E-state index contributed by atoms with van der Waals surface area (Å²) in [5, 5.41) is 22.4. The second kappa shape index (κ2) is 7.28. The maximum absolute atomic E-state index is 12.2. The van der Waals surface area contributed by atoms with Crippen molar-refractivity contribution in [2.45, 2.75) is 51.7 Å². The molecule has 1 aliphatic heterocycles. The van der Waals surface area contributed by atoms with Crippen LogP contribution in [0.25, 0.3) is 0 Å². The van der Waals surface area contributed by atoms with Crippen LogP contribution in [0.2, 0.25) is 0 Å². The third kappa shape index (κ3) is 5.14. The maximum atomic E-state index is 12.2. The van der Waals surface area contributed by atoms with E-state index in [0.29, 0.717) is 25.9 Å². The monoisotopic (exact) mass is 316 g/mol. The number of amides is 1. The smallest absolute Gasteiger partial charge is 0.410 e. The van der Waals surface area contributed by atoms with Gasteiger partial charge in [0.1, 0.15) is 5.60 Å². The van der Waals surface area contributed by atoms with Crippen molar-refractivity contribution in [3.05, 3.63) is 0 Å². The zero-order chi connectivity index (χ0) is 17.0. The van der Waals surface area contributed by atoms with Crippen molar-refractivity contribution < 1.29 is 24.5 Å². The van der Waals surface area contributed by atoms with Crippen LogP contribution in [0.4, 0.5) is 4.79 Å². The van der Waals surface area contributed by atoms with Crippen molar-refractivity contribution >= 4 is 12.1 Å². The Morgan fingerprint density at radius 1 is 1.41 bits per heavy atom. The van der Waals surface area contributed by atoms with Crippen LogP contribution in [0.1, 0.15) is 40.0 Å². The number of nitrogens with one attached hydrogen (secondary N) is 1. The molecule has 2 atom stereocenters. The van der Waals surface area contributed by atoms with E-state index in [1.54, 1.807) is 27.8 Å². The summed E-state index contributed by atoms with van der Waals surface area (Å²) in [7, 11) is 1.70. The highest BCUT2D eigenvalue weighted by atomic mass is 16.6. The fraction of sp³-hybridized carbons (Fsp3) is 0.867. The molecule has 0 radical (unpaired) electrons. The standard InChI is InChI=1S/C15H28N2O5/c1-14(2,3)22-13(21)17-7-5-6-15(10-17,12(19)20)8-11(18)9-16-4/h11,16,18H,5-10H2,1-4H3,(H,19,20)/t11-,15-/m0/s1. The number of aliphatic hydroxyl groups excluding tert-OH is 1. The molecule has 0 aromatic rings. The van der Waals surface area contributed by atoms with E-state index in [1.807, 2.05) is 0 Å². The quantitative estimate of drug-likeness (QED) is 0.701. The molecule has 1 saturated heterocycles. The molecule has 1 amide bonds. The van der Waals surface area contributed by atoms with Gasteiger partial charge in [-0.1, -0.05) is 0 Å². The van der Waals surface area contributed by atoms with E-state index in [4.69, 9.17) is 4.74 Å². The predicted molar refractivity (Wildman–Crippen MR) is 81.7 cm³/mol. The third-order valence-electron chi connectivity index (χ3n) is 3.75. The zero-order valence-corrected chi connectivity index (χ0v) is 13.9. The Hall–Kier alpha value is -1.34. The van der Waals surface area contributed by atoms with Crippen LogP contribution in [-0.2, 0) is 9.53 Å². The number of carbonyl (C=O) groups excluding carboxylic acids is 1. The number of carboxylic acid groups (broad SMARTS) is 1. The highest BCUT2D eigenvalue weighted by Crippen LogP contribution is 2.35. The van der Waals surface area contributed by atoms with Crippen LogP contribution in [0, 0.1) is 5.41 Å². The summed E-state index contributed by atoms with van der Waals surface area (Å²) in [4.78, 5) is 25.4. The first-order valence-corrected chi connectivity index (χ1v) is 7.64. The number of ether oxygens (including phenoxy) is 1. The van der Waals surface area contributed by atoms with Crippen LogP contribution in [-0.4, -0.2) is 65.6 Å². The summed E-state index contributed by atoms with van der Waals surface area (Å²) in [5.41, 5.74) is -1.74. The lowest BCUT2D eigenvalue weighted by molar-refractivity contribution is -0.154. The Bertz CT molecular complexity index is 407. The van der Waals surface area contributed by atoms with Crippen molar-refractivity contribution in [1.82, 2.24) is 10.2 Å². The number of hydrogen-bond acceptors (Lipinski definition) is 5. The average molecular weight is 316 g/mol. The third-order valence-corrected chi connectivity index (χ3v) is 3.75. The molecule has 0 saturated carbocycles. The molecule has 0 unspecified atom stereocenters. The lowest BCUT2D eigenvalue weighted by Gasteiger charge is -2.41. The summed E-state index contributed by atoms with van der Waals surface area (Å²) < 4.78 is 5.32. The zero-order valence-electron chi connectivity index (χ0n) is 13.9. The van der Waals surface area contributed by atoms with Crippen LogP contribution < -0.4 is 5.32 Å². The van der Waals surface area contributed by atoms with Crippen LogP contribution >= 0.6 is 0 Å². The van der Waals surface area contributed by atoms with Crippen LogP contribution in [0.3, 0.4) is 0 Å². The van der Waals surface area contributed by atoms with E-state index >= 15 is 0 Å². The van der Waals surface area contributed by atoms with Crippen molar-refractivity contribution in [2.24, 2.45) is 5.41 Å². The molecule has 0 aromatic heterocycles. The molecule has 1 aliphatic rings. The number of hydrogen-bond donors (Lipinski definition) is 3. The van der Waals surface area contributed by atoms with Gasteiger partial charge in [0.05, 0.1) is 11.5 Å². The molecule has 7 nitrogen and oxygen atoms in total. The lowest BCUT2D eigenvalue weighted by Crippen LogP contribution is -2.52. The van der Waals surface area contributed by atoms with Gasteiger partial charge in [0.2, 0.25) is 0 Å². The summed E-state index contributed by atoms with van der Waals surface area (Å²) in [6.07, 6.45) is -0.122. The molecular formula is C15H28N2O5. The van der Waals surface area contributed by atoms with Crippen molar-refractivity contribution in [3.8, 4) is 0 Å². The molecule has 0 aliphatic carbocycles. The fourth-order valence-corrected chi connectivity index (χ4v) is 2.80. The molecule has 22 heavy (non-hydrogen) atoms. The number of carboxylic acids is 1. The van der Waals surface area contributed by atoms with E-state index in [9.17, 15) is 19.8 Å². The Morgan fingerprint density at radius 3 is 2.55 bits per heavy atom. The van der Waals surface area contributed by atoms with Crippen molar-refractivity contribution in [2.75, 3.05) is 26.7 Å². The number of piperidine rings is 1. The normalized spacial score (nSPS) is 24.0. The average Bonchev–Trinajstić information content (AvgIpc) is 2.37. The van der Waals surface area contributed by atoms with Crippen LogP contribution in [0.5, 0.6) is 0 Å². The first kappa shape index (κ1) is 18.7. The number of aliphatic carboxylic acids is 1. The molecular weight excluding hydrogens is 288 g/mol. The largest absolute Gasteiger partial charge is 0.481 e. The summed E-state index contributed by atoms with van der Waals surface area (Å²) in [5.74, 6) is -0.976. The summed E-state index contributed by atoms with van der Waals surface area (Å²) >= 11 is 0. The number of aliphatic hydroxyl groups is 1. The van der Waals surface area contributed by atoms with E-state index in [-0.39, 0.29) is 13.0 Å². The molecule has 3 N–H and O–H groups in total. The molecule has 0 bridgehead atoms. The van der Waals surface area contributed by atoms with Gasteiger partial charge in [-0.15, -0.1) is 0 Å². The Morgan fingerprint density at radius 2 is 2.05 bits per heavy atom. The summed E-state index contributed by atoms with van der Waals surface area (Å²) in [6, 6.07) is 0. The fourth-order valence-electron chi connectivity index (χ4n) is 2.80. The lowest BCUT2D eigenvalue weighted by atomic mass is 9.75. The Balaban J connectivity index is 2.82. The van der Waals surface area contributed by atoms with Gasteiger partial charge in [0.15, 0.2) is 0 Å². The topological polar surface area (TPSA) is 99.1 Å². The maximum Gasteiger partial charge on any atom is 0.410 e. The molecule has 1 rings (SSSR count). The van der Waals surface area contributed by atoms with Crippen LogP contribution in [0.15, 0.2) is 0 Å². The highest BCUT2D eigenvalue weighted by Gasteiger charge is 2.45. The van der Waals surface area contributed by atoms with Gasteiger partial charge in [-0.2, -0.15) is 0 Å². The van der Waals surface area contributed by atoms with Gasteiger partial charge in [0, 0.05) is 19.6 Å². The van der Waals surface area contributed by atoms with Crippen molar-refractivity contribution in [1.29, 1.82) is 0 Å². The number of likely N-dealkylation sites (N-methyl/N-ethyl adjacent to an activating group) is 1. The van der Waals surface area contributed by atoms with Gasteiger partial charge in [-0.3, -0.25) is 4.79 Å². The second-order valence-electron chi connectivity index (χ2n) is 7.01.